The largest absolute Gasteiger partial charge is 0.462 e. The van der Waals surface area contributed by atoms with Gasteiger partial charge in [-0.15, -0.1) is 0 Å². The number of carbonyl (C=O) groups excluding carboxylic acids is 3. The summed E-state index contributed by atoms with van der Waals surface area (Å²) in [5, 5.41) is 0. The molecule has 0 spiro atoms. The van der Waals surface area contributed by atoms with Gasteiger partial charge in [0.1, 0.15) is 13.2 Å². The van der Waals surface area contributed by atoms with Crippen molar-refractivity contribution in [3.63, 3.8) is 0 Å². The maximum atomic E-state index is 12.7. The van der Waals surface area contributed by atoms with E-state index < -0.39 is 6.10 Å². The molecule has 0 aliphatic carbocycles. The van der Waals surface area contributed by atoms with E-state index in [9.17, 15) is 14.4 Å². The molecule has 0 aliphatic rings. The monoisotopic (exact) mass is 771 g/mol. The van der Waals surface area contributed by atoms with Crippen LogP contribution in [-0.4, -0.2) is 37.2 Å². The molecule has 0 rings (SSSR count). The van der Waals surface area contributed by atoms with Crippen molar-refractivity contribution in [2.24, 2.45) is 0 Å². The molecule has 0 aromatic rings. The van der Waals surface area contributed by atoms with Crippen molar-refractivity contribution in [1.82, 2.24) is 0 Å². The molecule has 318 valence electrons. The Bertz CT molecular complexity index is 980. The summed E-state index contributed by atoms with van der Waals surface area (Å²) in [5.41, 5.74) is 0. The first-order valence-electron chi connectivity index (χ1n) is 23.1. The summed E-state index contributed by atoms with van der Waals surface area (Å²) in [4.78, 5) is 37.7. The minimum atomic E-state index is -0.783. The number of rotatable bonds is 41. The fourth-order valence-electron chi connectivity index (χ4n) is 6.28. The third-order valence-corrected chi connectivity index (χ3v) is 9.79. The van der Waals surface area contributed by atoms with Crippen molar-refractivity contribution >= 4 is 17.9 Å². The van der Waals surface area contributed by atoms with Gasteiger partial charge in [0.25, 0.3) is 0 Å². The molecule has 1 unspecified atom stereocenters. The molecule has 0 bridgehead atoms. The van der Waals surface area contributed by atoms with E-state index in [1.165, 1.54) is 77.0 Å². The van der Waals surface area contributed by atoms with Crippen LogP contribution in [0.4, 0.5) is 0 Å². The standard InChI is InChI=1S/C49H86O6/c1-4-7-10-13-16-19-22-24-25-26-28-30-33-36-39-42-48(51)54-45-46(44-53-47(50)41-38-35-32-29-21-18-15-12-9-6-3)55-49(52)43-40-37-34-31-27-23-20-17-14-11-8-5-2/h8,11,15,17-20,22,46H,4-7,9-10,12-14,16,21,23-45H2,1-3H3/b11-8-,18-15-,20-17-,22-19-. The molecule has 6 heteroatoms. The molecule has 0 heterocycles. The molecule has 0 amide bonds. The lowest BCUT2D eigenvalue weighted by molar-refractivity contribution is -0.167. The summed E-state index contributed by atoms with van der Waals surface area (Å²) in [6.07, 6.45) is 50.9. The lowest BCUT2D eigenvalue weighted by atomic mass is 10.1. The van der Waals surface area contributed by atoms with Crippen LogP contribution in [0.3, 0.4) is 0 Å². The zero-order valence-corrected chi connectivity index (χ0v) is 36.2. The SMILES string of the molecule is CC/C=C\C/C=C\CCCCCCCC(=O)OC(COC(=O)CCCCCC/C=C\CCCC)COC(=O)CCCCCCCCC/C=C\CCCCCC. The van der Waals surface area contributed by atoms with E-state index in [1.54, 1.807) is 0 Å². The Morgan fingerprint density at radius 1 is 0.382 bits per heavy atom. The number of hydrogen-bond donors (Lipinski definition) is 0. The highest BCUT2D eigenvalue weighted by Gasteiger charge is 2.19. The molecule has 0 aromatic heterocycles. The van der Waals surface area contributed by atoms with Gasteiger partial charge in [-0.25, -0.2) is 0 Å². The lowest BCUT2D eigenvalue weighted by Crippen LogP contribution is -2.30. The van der Waals surface area contributed by atoms with E-state index in [1.807, 2.05) is 0 Å². The minimum absolute atomic E-state index is 0.0848. The van der Waals surface area contributed by atoms with Crippen LogP contribution in [0, 0.1) is 0 Å². The summed E-state index contributed by atoms with van der Waals surface area (Å²) in [5.74, 6) is -0.919. The molecule has 0 saturated heterocycles. The van der Waals surface area contributed by atoms with Gasteiger partial charge >= 0.3 is 17.9 Å². The predicted molar refractivity (Wildman–Crippen MR) is 233 cm³/mol. The van der Waals surface area contributed by atoms with Crippen LogP contribution >= 0.6 is 0 Å². The predicted octanol–water partition coefficient (Wildman–Crippen LogP) is 14.8. The third-order valence-electron chi connectivity index (χ3n) is 9.79. The Kier molecular flexibility index (Phi) is 42.0. The minimum Gasteiger partial charge on any atom is -0.462 e. The van der Waals surface area contributed by atoms with Crippen LogP contribution in [0.1, 0.15) is 226 Å². The molecular formula is C49H86O6. The van der Waals surface area contributed by atoms with E-state index in [-0.39, 0.29) is 31.1 Å². The molecule has 0 aromatic carbocycles. The van der Waals surface area contributed by atoms with Crippen LogP contribution < -0.4 is 0 Å². The van der Waals surface area contributed by atoms with Crippen molar-refractivity contribution in [3.8, 4) is 0 Å². The maximum absolute atomic E-state index is 12.7. The van der Waals surface area contributed by atoms with Crippen molar-refractivity contribution in [1.29, 1.82) is 0 Å². The molecule has 55 heavy (non-hydrogen) atoms. The summed E-state index contributed by atoms with van der Waals surface area (Å²) in [7, 11) is 0. The second-order valence-corrected chi connectivity index (χ2v) is 15.3. The summed E-state index contributed by atoms with van der Waals surface area (Å²) in [6.45, 7) is 6.44. The number of unbranched alkanes of at least 4 members (excludes halogenated alkanes) is 22. The number of carbonyl (C=O) groups is 3. The Balaban J connectivity index is 4.38. The normalized spacial score (nSPS) is 12.4. The number of hydrogen-bond acceptors (Lipinski definition) is 6. The number of esters is 3. The van der Waals surface area contributed by atoms with Crippen LogP contribution in [0.5, 0.6) is 0 Å². The molecule has 0 fully saturated rings. The van der Waals surface area contributed by atoms with Gasteiger partial charge in [-0.1, -0.05) is 166 Å². The summed E-state index contributed by atoms with van der Waals surface area (Å²) in [6, 6.07) is 0. The van der Waals surface area contributed by atoms with E-state index >= 15 is 0 Å². The van der Waals surface area contributed by atoms with Gasteiger partial charge < -0.3 is 14.2 Å². The van der Waals surface area contributed by atoms with E-state index in [2.05, 4.69) is 69.4 Å². The van der Waals surface area contributed by atoms with Crippen molar-refractivity contribution in [2.75, 3.05) is 13.2 Å². The first kappa shape index (κ1) is 52.4. The average molecular weight is 771 g/mol. The highest BCUT2D eigenvalue weighted by atomic mass is 16.6. The lowest BCUT2D eigenvalue weighted by Gasteiger charge is -2.18. The maximum Gasteiger partial charge on any atom is 0.306 e. The molecule has 1 atom stereocenters. The van der Waals surface area contributed by atoms with Gasteiger partial charge in [0, 0.05) is 19.3 Å². The van der Waals surface area contributed by atoms with Gasteiger partial charge in [0.15, 0.2) is 6.10 Å². The van der Waals surface area contributed by atoms with Crippen molar-refractivity contribution in [2.45, 2.75) is 232 Å². The smallest absolute Gasteiger partial charge is 0.306 e. The first-order valence-corrected chi connectivity index (χ1v) is 23.1. The molecule has 0 aliphatic heterocycles. The van der Waals surface area contributed by atoms with Crippen LogP contribution in [0.25, 0.3) is 0 Å². The quantitative estimate of drug-likeness (QED) is 0.0267. The zero-order chi connectivity index (χ0) is 40.1. The Hall–Kier alpha value is -2.63. The van der Waals surface area contributed by atoms with E-state index in [4.69, 9.17) is 14.2 Å². The van der Waals surface area contributed by atoms with Crippen LogP contribution in [0.2, 0.25) is 0 Å². The Morgan fingerprint density at radius 3 is 1.16 bits per heavy atom. The van der Waals surface area contributed by atoms with E-state index in [0.717, 1.165) is 109 Å². The van der Waals surface area contributed by atoms with Crippen molar-refractivity contribution in [3.05, 3.63) is 48.6 Å². The second kappa shape index (κ2) is 44.1. The van der Waals surface area contributed by atoms with Crippen molar-refractivity contribution < 1.29 is 28.6 Å². The van der Waals surface area contributed by atoms with Gasteiger partial charge in [-0.2, -0.15) is 0 Å². The molecule has 0 N–H and O–H groups in total. The third kappa shape index (κ3) is 42.4. The van der Waals surface area contributed by atoms with E-state index in [0.29, 0.717) is 19.3 Å². The van der Waals surface area contributed by atoms with Gasteiger partial charge in [0.05, 0.1) is 0 Å². The fraction of sp³-hybridized carbons (Fsp3) is 0.776. The van der Waals surface area contributed by atoms with Gasteiger partial charge in [0.2, 0.25) is 0 Å². The summed E-state index contributed by atoms with van der Waals surface area (Å²) < 4.78 is 16.7. The molecule has 6 nitrogen and oxygen atoms in total. The highest BCUT2D eigenvalue weighted by Crippen LogP contribution is 2.13. The first-order chi connectivity index (χ1) is 27.0. The van der Waals surface area contributed by atoms with Gasteiger partial charge in [-0.05, 0) is 89.9 Å². The molecule has 0 saturated carbocycles. The second-order valence-electron chi connectivity index (χ2n) is 15.3. The highest BCUT2D eigenvalue weighted by molar-refractivity contribution is 5.71. The van der Waals surface area contributed by atoms with Gasteiger partial charge in [-0.3, -0.25) is 14.4 Å². The molecule has 0 radical (unpaired) electrons. The topological polar surface area (TPSA) is 78.9 Å². The number of ether oxygens (including phenoxy) is 3. The average Bonchev–Trinajstić information content (AvgIpc) is 3.18. The Labute approximate surface area is 339 Å². The summed E-state index contributed by atoms with van der Waals surface area (Å²) >= 11 is 0. The number of allylic oxidation sites excluding steroid dienone is 8. The van der Waals surface area contributed by atoms with Crippen LogP contribution in [0.15, 0.2) is 48.6 Å². The fourth-order valence-corrected chi connectivity index (χ4v) is 6.28. The molecular weight excluding hydrogens is 685 g/mol. The Morgan fingerprint density at radius 2 is 0.727 bits per heavy atom. The van der Waals surface area contributed by atoms with Crippen LogP contribution in [-0.2, 0) is 28.6 Å². The zero-order valence-electron chi connectivity index (χ0n) is 36.2.